The van der Waals surface area contributed by atoms with Crippen LogP contribution < -0.4 is 5.32 Å². The predicted molar refractivity (Wildman–Crippen MR) is 84.9 cm³/mol. The number of hydrogen-bond acceptors (Lipinski definition) is 5. The molecule has 0 bridgehead atoms. The highest BCUT2D eigenvalue weighted by molar-refractivity contribution is 7.18. The maximum Gasteiger partial charge on any atom is 0.348 e. The van der Waals surface area contributed by atoms with E-state index in [-0.39, 0.29) is 17.9 Å². The molecule has 1 aliphatic carbocycles. The molecule has 0 radical (unpaired) electrons. The zero-order chi connectivity index (χ0) is 16.3. The van der Waals surface area contributed by atoms with Crippen molar-refractivity contribution in [3.05, 3.63) is 16.0 Å². The number of amides is 1. The lowest BCUT2D eigenvalue weighted by molar-refractivity contribution is -0.119. The van der Waals surface area contributed by atoms with Crippen molar-refractivity contribution in [1.82, 2.24) is 0 Å². The van der Waals surface area contributed by atoms with E-state index in [1.807, 2.05) is 0 Å². The Morgan fingerprint density at radius 3 is 2.55 bits per heavy atom. The van der Waals surface area contributed by atoms with Gasteiger partial charge >= 0.3 is 5.97 Å². The van der Waals surface area contributed by atoms with Gasteiger partial charge in [-0.3, -0.25) is 4.79 Å². The van der Waals surface area contributed by atoms with Gasteiger partial charge in [-0.2, -0.15) is 5.26 Å². The number of carbonyl (C=O) groups is 2. The fourth-order valence-electron chi connectivity index (χ4n) is 2.60. The fourth-order valence-corrected chi connectivity index (χ4v) is 3.64. The normalized spacial score (nSPS) is 14.9. The molecule has 1 aliphatic rings. The molecule has 22 heavy (non-hydrogen) atoms. The zero-order valence-electron chi connectivity index (χ0n) is 13.1. The summed E-state index contributed by atoms with van der Waals surface area (Å²) in [5.41, 5.74) is 0.923. The number of hydrogen-bond donors (Lipinski definition) is 1. The zero-order valence-corrected chi connectivity index (χ0v) is 13.9. The molecule has 1 saturated carbocycles. The van der Waals surface area contributed by atoms with Crippen molar-refractivity contribution < 1.29 is 14.3 Å². The quantitative estimate of drug-likeness (QED) is 0.859. The number of anilines is 1. The SMILES string of the molecule is Cc1c(C(=O)OC(C)C)sc(NC(=O)C2CCCC2)c1C#N. The summed E-state index contributed by atoms with van der Waals surface area (Å²) in [7, 11) is 0. The molecule has 1 amide bonds. The third-order valence-corrected chi connectivity index (χ3v) is 4.94. The highest BCUT2D eigenvalue weighted by atomic mass is 32.1. The number of nitrogens with one attached hydrogen (secondary N) is 1. The van der Waals surface area contributed by atoms with E-state index in [2.05, 4.69) is 11.4 Å². The van der Waals surface area contributed by atoms with Crippen LogP contribution in [0.15, 0.2) is 0 Å². The minimum absolute atomic E-state index is 0.0139. The Hall–Kier alpha value is -1.87. The summed E-state index contributed by atoms with van der Waals surface area (Å²) >= 11 is 1.12. The van der Waals surface area contributed by atoms with Gasteiger partial charge in [0, 0.05) is 5.92 Å². The molecule has 0 saturated heterocycles. The second kappa shape index (κ2) is 6.93. The van der Waals surface area contributed by atoms with Crippen LogP contribution in [0.5, 0.6) is 0 Å². The van der Waals surface area contributed by atoms with Crippen LogP contribution in [-0.4, -0.2) is 18.0 Å². The molecule has 0 aromatic carbocycles. The Morgan fingerprint density at radius 1 is 1.36 bits per heavy atom. The van der Waals surface area contributed by atoms with Gasteiger partial charge < -0.3 is 10.1 Å². The van der Waals surface area contributed by atoms with Gasteiger partial charge in [-0.05, 0) is 39.2 Å². The summed E-state index contributed by atoms with van der Waals surface area (Å²) in [4.78, 5) is 24.7. The lowest BCUT2D eigenvalue weighted by Gasteiger charge is -2.08. The molecule has 0 atom stereocenters. The summed E-state index contributed by atoms with van der Waals surface area (Å²) in [6, 6.07) is 2.08. The van der Waals surface area contributed by atoms with Gasteiger partial charge in [0.25, 0.3) is 0 Å². The number of nitriles is 1. The van der Waals surface area contributed by atoms with Gasteiger partial charge in [-0.15, -0.1) is 11.3 Å². The largest absolute Gasteiger partial charge is 0.459 e. The fraction of sp³-hybridized carbons (Fsp3) is 0.562. The molecular formula is C16H20N2O3S. The predicted octanol–water partition coefficient (Wildman–Crippen LogP) is 3.62. The van der Waals surface area contributed by atoms with Gasteiger partial charge in [0.15, 0.2) is 0 Å². The maximum atomic E-state index is 12.2. The molecule has 1 aromatic rings. The lowest BCUT2D eigenvalue weighted by atomic mass is 10.1. The summed E-state index contributed by atoms with van der Waals surface area (Å²) in [6.07, 6.45) is 3.69. The van der Waals surface area contributed by atoms with Crippen molar-refractivity contribution in [2.45, 2.75) is 52.6 Å². The highest BCUT2D eigenvalue weighted by Crippen LogP contribution is 2.34. The molecule has 1 aromatic heterocycles. The Labute approximate surface area is 134 Å². The first-order valence-electron chi connectivity index (χ1n) is 7.49. The van der Waals surface area contributed by atoms with E-state index >= 15 is 0 Å². The Bertz CT molecular complexity index is 622. The Kier molecular flexibility index (Phi) is 5.19. The summed E-state index contributed by atoms with van der Waals surface area (Å²) < 4.78 is 5.18. The van der Waals surface area contributed by atoms with Crippen LogP contribution in [0.25, 0.3) is 0 Å². The van der Waals surface area contributed by atoms with Gasteiger partial charge in [0.05, 0.1) is 11.7 Å². The Balaban J connectivity index is 2.22. The van der Waals surface area contributed by atoms with E-state index in [4.69, 9.17) is 4.74 Å². The number of ether oxygens (including phenoxy) is 1. The van der Waals surface area contributed by atoms with Crippen LogP contribution in [0.2, 0.25) is 0 Å². The maximum absolute atomic E-state index is 12.2. The molecule has 5 nitrogen and oxygen atoms in total. The van der Waals surface area contributed by atoms with Crippen molar-refractivity contribution in [2.24, 2.45) is 5.92 Å². The highest BCUT2D eigenvalue weighted by Gasteiger charge is 2.27. The van der Waals surface area contributed by atoms with Crippen molar-refractivity contribution in [2.75, 3.05) is 5.32 Å². The van der Waals surface area contributed by atoms with E-state index in [0.29, 0.717) is 21.0 Å². The third kappa shape index (κ3) is 3.47. The average molecular weight is 320 g/mol. The molecule has 1 heterocycles. The van der Waals surface area contributed by atoms with E-state index in [0.717, 1.165) is 37.0 Å². The lowest BCUT2D eigenvalue weighted by Crippen LogP contribution is -2.20. The molecule has 118 valence electrons. The van der Waals surface area contributed by atoms with Crippen molar-refractivity contribution in [3.63, 3.8) is 0 Å². The van der Waals surface area contributed by atoms with Crippen molar-refractivity contribution in [3.8, 4) is 6.07 Å². The van der Waals surface area contributed by atoms with E-state index in [1.165, 1.54) is 0 Å². The van der Waals surface area contributed by atoms with Gasteiger partial charge in [0.2, 0.25) is 5.91 Å². The van der Waals surface area contributed by atoms with Crippen LogP contribution in [0.4, 0.5) is 5.00 Å². The molecule has 1 fully saturated rings. The number of rotatable bonds is 4. The first kappa shape index (κ1) is 16.5. The second-order valence-corrected chi connectivity index (χ2v) is 6.82. The molecule has 0 unspecified atom stereocenters. The summed E-state index contributed by atoms with van der Waals surface area (Å²) in [5, 5.41) is 12.6. The number of nitrogens with zero attached hydrogens (tertiary/aromatic N) is 1. The average Bonchev–Trinajstić information content (AvgIpc) is 3.06. The van der Waals surface area contributed by atoms with Crippen LogP contribution in [0.1, 0.15) is 60.3 Å². The van der Waals surface area contributed by atoms with Crippen molar-refractivity contribution >= 4 is 28.2 Å². The van der Waals surface area contributed by atoms with Crippen LogP contribution in [0, 0.1) is 24.2 Å². The van der Waals surface area contributed by atoms with Crippen molar-refractivity contribution in [1.29, 1.82) is 5.26 Å². The van der Waals surface area contributed by atoms with Gasteiger partial charge in [0.1, 0.15) is 15.9 Å². The molecule has 0 spiro atoms. The van der Waals surface area contributed by atoms with Gasteiger partial charge in [-0.1, -0.05) is 12.8 Å². The third-order valence-electron chi connectivity index (χ3n) is 3.75. The van der Waals surface area contributed by atoms with Gasteiger partial charge in [-0.25, -0.2) is 4.79 Å². The molecular weight excluding hydrogens is 300 g/mol. The molecule has 0 aliphatic heterocycles. The monoisotopic (exact) mass is 320 g/mol. The Morgan fingerprint density at radius 2 is 2.00 bits per heavy atom. The van der Waals surface area contributed by atoms with E-state index < -0.39 is 5.97 Å². The molecule has 2 rings (SSSR count). The summed E-state index contributed by atoms with van der Waals surface area (Å²) in [5.74, 6) is -0.491. The van der Waals surface area contributed by atoms with Crippen LogP contribution in [0.3, 0.4) is 0 Å². The molecule has 6 heteroatoms. The minimum atomic E-state index is -0.449. The molecule has 1 N–H and O–H groups in total. The topological polar surface area (TPSA) is 79.2 Å². The first-order valence-corrected chi connectivity index (χ1v) is 8.31. The smallest absolute Gasteiger partial charge is 0.348 e. The van der Waals surface area contributed by atoms with Crippen LogP contribution >= 0.6 is 11.3 Å². The number of thiophene rings is 1. The minimum Gasteiger partial charge on any atom is -0.459 e. The standard InChI is InChI=1S/C16H20N2O3S/c1-9(2)21-16(20)13-10(3)12(8-17)15(22-13)18-14(19)11-6-4-5-7-11/h9,11H,4-7H2,1-3H3,(H,18,19). The second-order valence-electron chi connectivity index (χ2n) is 5.80. The number of esters is 1. The van der Waals surface area contributed by atoms with Crippen LogP contribution in [-0.2, 0) is 9.53 Å². The number of carbonyl (C=O) groups excluding carboxylic acids is 2. The summed E-state index contributed by atoms with van der Waals surface area (Å²) in [6.45, 7) is 5.25. The van der Waals surface area contributed by atoms with E-state index in [1.54, 1.807) is 20.8 Å². The van der Waals surface area contributed by atoms with E-state index in [9.17, 15) is 14.9 Å². The first-order chi connectivity index (χ1) is 10.4.